The van der Waals surface area contributed by atoms with Crippen LogP contribution >= 0.6 is 11.3 Å². The van der Waals surface area contributed by atoms with E-state index in [0.29, 0.717) is 12.2 Å². The Bertz CT molecular complexity index is 815. The van der Waals surface area contributed by atoms with Gasteiger partial charge in [0.25, 0.3) is 0 Å². The zero-order chi connectivity index (χ0) is 16.9. The quantitative estimate of drug-likeness (QED) is 0.706. The first kappa shape index (κ1) is 16.3. The number of carbonyl (C=O) groups excluding carboxylic acids is 1. The minimum absolute atomic E-state index is 0.0405. The lowest BCUT2D eigenvalue weighted by molar-refractivity contribution is -0.122. The maximum atomic E-state index is 12.0. The Labute approximate surface area is 143 Å². The van der Waals surface area contributed by atoms with Crippen LogP contribution in [0.5, 0.6) is 0 Å². The number of amides is 1. The van der Waals surface area contributed by atoms with Gasteiger partial charge in [-0.25, -0.2) is 9.67 Å². The summed E-state index contributed by atoms with van der Waals surface area (Å²) in [7, 11) is 0. The second-order valence-electron chi connectivity index (χ2n) is 5.31. The van der Waals surface area contributed by atoms with Crippen molar-refractivity contribution in [2.45, 2.75) is 26.1 Å². The third-order valence-electron chi connectivity index (χ3n) is 3.36. The summed E-state index contributed by atoms with van der Waals surface area (Å²) in [5, 5.41) is 23.7. The number of nitrogens with zero attached hydrogens (tertiary/aromatic N) is 4. The number of aromatic nitrogens is 4. The van der Waals surface area contributed by atoms with E-state index in [2.05, 4.69) is 20.6 Å². The van der Waals surface area contributed by atoms with Gasteiger partial charge in [-0.15, -0.1) is 16.4 Å². The first-order valence-corrected chi connectivity index (χ1v) is 8.30. The summed E-state index contributed by atoms with van der Waals surface area (Å²) in [5.41, 5.74) is 2.08. The fourth-order valence-electron chi connectivity index (χ4n) is 2.18. The Hall–Kier alpha value is -2.58. The molecular weight excluding hydrogens is 326 g/mol. The van der Waals surface area contributed by atoms with E-state index in [1.807, 2.05) is 42.6 Å². The van der Waals surface area contributed by atoms with Crippen LogP contribution < -0.4 is 5.32 Å². The molecule has 1 amide bonds. The fourth-order valence-corrected chi connectivity index (χ4v) is 2.89. The molecule has 0 spiro atoms. The zero-order valence-electron chi connectivity index (χ0n) is 13.1. The second kappa shape index (κ2) is 7.33. The number of aliphatic hydroxyl groups is 1. The Balaban J connectivity index is 1.56. The summed E-state index contributed by atoms with van der Waals surface area (Å²) >= 11 is 1.51. The van der Waals surface area contributed by atoms with Crippen LogP contribution in [0.25, 0.3) is 0 Å². The number of rotatable bonds is 6. The molecule has 2 N–H and O–H groups in total. The number of carbonyl (C=O) groups is 1. The van der Waals surface area contributed by atoms with Gasteiger partial charge in [0.2, 0.25) is 5.91 Å². The largest absolute Gasteiger partial charge is 0.382 e. The molecule has 0 fully saturated rings. The summed E-state index contributed by atoms with van der Waals surface area (Å²) < 4.78 is 1.41. The molecule has 7 nitrogen and oxygen atoms in total. The number of nitrogens with one attached hydrogen (secondary N) is 1. The summed E-state index contributed by atoms with van der Waals surface area (Å²) in [5.74, 6) is -0.187. The monoisotopic (exact) mass is 343 g/mol. The number of thiazole rings is 1. The molecule has 3 aromatic rings. The Morgan fingerprint density at radius 2 is 2.17 bits per heavy atom. The number of hydrogen-bond acceptors (Lipinski definition) is 6. The predicted octanol–water partition coefficient (Wildman–Crippen LogP) is 1.44. The molecule has 0 saturated carbocycles. The number of benzene rings is 1. The molecule has 8 heteroatoms. The average molecular weight is 343 g/mol. The van der Waals surface area contributed by atoms with Crippen molar-refractivity contribution < 1.29 is 9.90 Å². The Morgan fingerprint density at radius 3 is 2.88 bits per heavy atom. The summed E-state index contributed by atoms with van der Waals surface area (Å²) in [4.78, 5) is 16.2. The van der Waals surface area contributed by atoms with Crippen molar-refractivity contribution in [1.82, 2.24) is 25.3 Å². The minimum atomic E-state index is -0.860. The molecule has 3 rings (SSSR count). The lowest BCUT2D eigenvalue weighted by atomic mass is 10.1. The van der Waals surface area contributed by atoms with Crippen LogP contribution in [0.3, 0.4) is 0 Å². The van der Waals surface area contributed by atoms with E-state index in [1.165, 1.54) is 16.0 Å². The van der Waals surface area contributed by atoms with Gasteiger partial charge in [-0.2, -0.15) is 0 Å². The van der Waals surface area contributed by atoms with Gasteiger partial charge in [0.1, 0.15) is 23.4 Å². The molecule has 0 unspecified atom stereocenters. The third-order valence-corrected chi connectivity index (χ3v) is 4.33. The van der Waals surface area contributed by atoms with E-state index in [0.717, 1.165) is 16.3 Å². The number of aryl methyl sites for hydroxylation is 1. The minimum Gasteiger partial charge on any atom is -0.382 e. The predicted molar refractivity (Wildman–Crippen MR) is 89.2 cm³/mol. The first-order valence-electron chi connectivity index (χ1n) is 7.42. The highest BCUT2D eigenvalue weighted by Gasteiger charge is 2.15. The van der Waals surface area contributed by atoms with Crippen molar-refractivity contribution in [2.75, 3.05) is 0 Å². The maximum Gasteiger partial charge on any atom is 0.242 e. The number of aliphatic hydroxyl groups excluding tert-OH is 1. The third kappa shape index (κ3) is 4.03. The Kier molecular flexibility index (Phi) is 4.97. The normalized spacial score (nSPS) is 12.1. The summed E-state index contributed by atoms with van der Waals surface area (Å²) in [6, 6.07) is 9.19. The fraction of sp³-hybridized carbons (Fsp3) is 0.250. The lowest BCUT2D eigenvalue weighted by Gasteiger charge is -2.06. The van der Waals surface area contributed by atoms with Crippen molar-refractivity contribution >= 4 is 17.2 Å². The maximum absolute atomic E-state index is 12.0. The van der Waals surface area contributed by atoms with E-state index in [-0.39, 0.29) is 12.5 Å². The summed E-state index contributed by atoms with van der Waals surface area (Å²) in [6.45, 7) is 2.35. The molecule has 124 valence electrons. The summed E-state index contributed by atoms with van der Waals surface area (Å²) in [6.07, 6.45) is 0.714. The van der Waals surface area contributed by atoms with Crippen molar-refractivity contribution in [3.05, 3.63) is 63.9 Å². The Morgan fingerprint density at radius 1 is 1.38 bits per heavy atom. The van der Waals surface area contributed by atoms with E-state index < -0.39 is 6.10 Å². The lowest BCUT2D eigenvalue weighted by Crippen LogP contribution is -2.27. The van der Waals surface area contributed by atoms with E-state index >= 15 is 0 Å². The topological polar surface area (TPSA) is 92.9 Å². The van der Waals surface area contributed by atoms with E-state index in [4.69, 9.17) is 0 Å². The van der Waals surface area contributed by atoms with E-state index in [1.54, 1.807) is 6.20 Å². The van der Waals surface area contributed by atoms with Gasteiger partial charge in [0.15, 0.2) is 0 Å². The van der Waals surface area contributed by atoms with Gasteiger partial charge in [-0.3, -0.25) is 4.79 Å². The molecule has 1 aromatic carbocycles. The SMILES string of the molecule is Cc1csc(CNC(=O)Cn2cc([C@H](O)c3ccccc3)nn2)n1. The van der Waals surface area contributed by atoms with Crippen LogP contribution in [0.15, 0.2) is 41.9 Å². The van der Waals surface area contributed by atoms with Crippen molar-refractivity contribution in [2.24, 2.45) is 0 Å². The molecular formula is C16H17N5O2S. The molecule has 1 atom stereocenters. The van der Waals surface area contributed by atoms with E-state index in [9.17, 15) is 9.90 Å². The molecule has 24 heavy (non-hydrogen) atoms. The van der Waals surface area contributed by atoms with Gasteiger partial charge in [0.05, 0.1) is 12.7 Å². The highest BCUT2D eigenvalue weighted by atomic mass is 32.1. The van der Waals surface area contributed by atoms with Crippen molar-refractivity contribution in [1.29, 1.82) is 0 Å². The standard InChI is InChI=1S/C16H17N5O2S/c1-11-10-24-15(18-11)7-17-14(22)9-21-8-13(19-20-21)16(23)12-5-3-2-4-6-12/h2-6,8,10,16,23H,7,9H2,1H3,(H,17,22)/t16-/m1/s1. The van der Waals surface area contributed by atoms with Crippen LogP contribution in [0.2, 0.25) is 0 Å². The van der Waals surface area contributed by atoms with Crippen LogP contribution in [0.4, 0.5) is 0 Å². The second-order valence-corrected chi connectivity index (χ2v) is 6.26. The highest BCUT2D eigenvalue weighted by Crippen LogP contribution is 2.18. The molecule has 2 heterocycles. The van der Waals surface area contributed by atoms with Crippen molar-refractivity contribution in [3.63, 3.8) is 0 Å². The molecule has 2 aromatic heterocycles. The van der Waals surface area contributed by atoms with Crippen LogP contribution in [0, 0.1) is 6.92 Å². The van der Waals surface area contributed by atoms with Crippen LogP contribution in [-0.4, -0.2) is 31.0 Å². The molecule has 0 aliphatic rings. The first-order chi connectivity index (χ1) is 11.6. The van der Waals surface area contributed by atoms with Gasteiger partial charge >= 0.3 is 0 Å². The smallest absolute Gasteiger partial charge is 0.242 e. The van der Waals surface area contributed by atoms with Gasteiger partial charge in [-0.05, 0) is 12.5 Å². The average Bonchev–Trinajstić information content (AvgIpc) is 3.22. The zero-order valence-corrected chi connectivity index (χ0v) is 13.9. The molecule has 0 saturated heterocycles. The molecule has 0 aliphatic carbocycles. The highest BCUT2D eigenvalue weighted by molar-refractivity contribution is 7.09. The van der Waals surface area contributed by atoms with Gasteiger partial charge in [0, 0.05) is 11.1 Å². The van der Waals surface area contributed by atoms with Crippen LogP contribution in [-0.2, 0) is 17.9 Å². The van der Waals surface area contributed by atoms with Crippen molar-refractivity contribution in [3.8, 4) is 0 Å². The van der Waals surface area contributed by atoms with Gasteiger partial charge < -0.3 is 10.4 Å². The molecule has 0 bridgehead atoms. The number of hydrogen-bond donors (Lipinski definition) is 2. The molecule has 0 aliphatic heterocycles. The van der Waals surface area contributed by atoms with Gasteiger partial charge in [-0.1, -0.05) is 35.5 Å². The molecule has 0 radical (unpaired) electrons. The van der Waals surface area contributed by atoms with Crippen LogP contribution in [0.1, 0.15) is 28.1 Å².